The lowest BCUT2D eigenvalue weighted by molar-refractivity contribution is 0.0984. The summed E-state index contributed by atoms with van der Waals surface area (Å²) in [6.45, 7) is 1.45. The van der Waals surface area contributed by atoms with Crippen molar-refractivity contribution in [3.63, 3.8) is 0 Å². The highest BCUT2D eigenvalue weighted by molar-refractivity contribution is 7.09. The Kier molecular flexibility index (Phi) is 5.57. The summed E-state index contributed by atoms with van der Waals surface area (Å²) in [6, 6.07) is 14.7. The van der Waals surface area contributed by atoms with Crippen molar-refractivity contribution < 1.29 is 23.7 Å². The Morgan fingerprint density at radius 1 is 1.00 bits per heavy atom. The van der Waals surface area contributed by atoms with E-state index in [-0.39, 0.29) is 5.91 Å². The molecule has 0 spiro atoms. The quantitative estimate of drug-likeness (QED) is 0.602. The lowest BCUT2D eigenvalue weighted by Crippen LogP contribution is -2.30. The molecular weight excluding hydrogens is 390 g/mol. The third-order valence-electron chi connectivity index (χ3n) is 4.58. The summed E-state index contributed by atoms with van der Waals surface area (Å²) in [5, 5.41) is 2.00. The molecule has 0 atom stereocenters. The van der Waals surface area contributed by atoms with Crippen LogP contribution in [0.4, 0.5) is 5.69 Å². The molecule has 3 aromatic rings. The van der Waals surface area contributed by atoms with E-state index in [0.29, 0.717) is 48.3 Å². The fraction of sp³-hybridized carbons (Fsp3) is 0.227. The highest BCUT2D eigenvalue weighted by atomic mass is 32.1. The van der Waals surface area contributed by atoms with Gasteiger partial charge in [-0.25, -0.2) is 0 Å². The molecule has 0 saturated heterocycles. The van der Waals surface area contributed by atoms with E-state index in [2.05, 4.69) is 0 Å². The molecule has 29 heavy (non-hydrogen) atoms. The van der Waals surface area contributed by atoms with Crippen molar-refractivity contribution in [3.05, 3.63) is 64.4 Å². The molecule has 0 fully saturated rings. The second-order valence-corrected chi connectivity index (χ2v) is 7.43. The smallest absolute Gasteiger partial charge is 0.258 e. The minimum Gasteiger partial charge on any atom is -0.497 e. The van der Waals surface area contributed by atoms with Crippen LogP contribution in [-0.2, 0) is 6.54 Å². The van der Waals surface area contributed by atoms with Gasteiger partial charge in [-0.3, -0.25) is 4.79 Å². The van der Waals surface area contributed by atoms with Crippen LogP contribution in [0.1, 0.15) is 15.2 Å². The van der Waals surface area contributed by atoms with Gasteiger partial charge in [-0.05, 0) is 35.7 Å². The van der Waals surface area contributed by atoms with Gasteiger partial charge in [0.05, 0.1) is 20.8 Å². The summed E-state index contributed by atoms with van der Waals surface area (Å²) < 4.78 is 22.0. The zero-order valence-corrected chi connectivity index (χ0v) is 17.0. The topological polar surface area (TPSA) is 57.2 Å². The highest BCUT2D eigenvalue weighted by Gasteiger charge is 2.22. The molecule has 0 saturated carbocycles. The molecule has 1 amide bonds. The monoisotopic (exact) mass is 411 g/mol. The Morgan fingerprint density at radius 3 is 2.38 bits per heavy atom. The SMILES string of the molecule is COc1cc(OC)cc(C(=O)N(Cc2cccs2)c2ccc3c(c2)OCCO3)c1. The van der Waals surface area contributed by atoms with Crippen LogP contribution in [0, 0.1) is 0 Å². The van der Waals surface area contributed by atoms with E-state index in [0.717, 1.165) is 10.6 Å². The van der Waals surface area contributed by atoms with E-state index < -0.39 is 0 Å². The van der Waals surface area contributed by atoms with E-state index in [1.54, 1.807) is 48.7 Å². The first-order valence-electron chi connectivity index (χ1n) is 9.15. The van der Waals surface area contributed by atoms with Gasteiger partial charge in [-0.1, -0.05) is 6.07 Å². The second kappa shape index (κ2) is 8.45. The van der Waals surface area contributed by atoms with Crippen LogP contribution < -0.4 is 23.8 Å². The van der Waals surface area contributed by atoms with Gasteiger partial charge in [-0.2, -0.15) is 0 Å². The number of anilines is 1. The van der Waals surface area contributed by atoms with E-state index in [4.69, 9.17) is 18.9 Å². The molecule has 0 bridgehead atoms. The molecule has 2 heterocycles. The Balaban J connectivity index is 1.73. The number of amides is 1. The molecule has 0 radical (unpaired) electrons. The molecule has 0 unspecified atom stereocenters. The van der Waals surface area contributed by atoms with Crippen molar-refractivity contribution >= 4 is 22.9 Å². The van der Waals surface area contributed by atoms with Crippen molar-refractivity contribution in [2.45, 2.75) is 6.54 Å². The molecule has 6 nitrogen and oxygen atoms in total. The van der Waals surface area contributed by atoms with Crippen LogP contribution in [0.2, 0.25) is 0 Å². The lowest BCUT2D eigenvalue weighted by Gasteiger charge is -2.25. The van der Waals surface area contributed by atoms with E-state index in [1.807, 2.05) is 35.7 Å². The molecule has 1 aliphatic rings. The largest absolute Gasteiger partial charge is 0.497 e. The number of rotatable bonds is 6. The summed E-state index contributed by atoms with van der Waals surface area (Å²) in [6.07, 6.45) is 0. The van der Waals surface area contributed by atoms with Crippen LogP contribution in [0.5, 0.6) is 23.0 Å². The number of methoxy groups -OCH3 is 2. The first kappa shape index (κ1) is 19.1. The molecule has 7 heteroatoms. The van der Waals surface area contributed by atoms with Crippen LogP contribution >= 0.6 is 11.3 Å². The van der Waals surface area contributed by atoms with Gasteiger partial charge in [0.2, 0.25) is 0 Å². The maximum atomic E-state index is 13.5. The molecule has 4 rings (SSSR count). The first-order valence-corrected chi connectivity index (χ1v) is 10.0. The van der Waals surface area contributed by atoms with Crippen LogP contribution in [0.15, 0.2) is 53.9 Å². The zero-order valence-electron chi connectivity index (χ0n) is 16.2. The van der Waals surface area contributed by atoms with Crippen molar-refractivity contribution in [1.29, 1.82) is 0 Å². The minimum atomic E-state index is -0.160. The highest BCUT2D eigenvalue weighted by Crippen LogP contribution is 2.35. The predicted octanol–water partition coefficient (Wildman–Crippen LogP) is 4.38. The number of nitrogens with zero attached hydrogens (tertiary/aromatic N) is 1. The van der Waals surface area contributed by atoms with Crippen molar-refractivity contribution in [1.82, 2.24) is 0 Å². The van der Waals surface area contributed by atoms with Crippen molar-refractivity contribution in [2.24, 2.45) is 0 Å². The average Bonchev–Trinajstić information content (AvgIpc) is 3.29. The van der Waals surface area contributed by atoms with E-state index >= 15 is 0 Å². The van der Waals surface area contributed by atoms with Crippen LogP contribution in [0.3, 0.4) is 0 Å². The number of hydrogen-bond donors (Lipinski definition) is 0. The van der Waals surface area contributed by atoms with Gasteiger partial charge < -0.3 is 23.8 Å². The molecule has 2 aromatic carbocycles. The zero-order chi connectivity index (χ0) is 20.2. The van der Waals surface area contributed by atoms with Gasteiger partial charge >= 0.3 is 0 Å². The number of carbonyl (C=O) groups is 1. The molecule has 1 aliphatic heterocycles. The maximum Gasteiger partial charge on any atom is 0.258 e. The Labute approximate surface area is 173 Å². The summed E-state index contributed by atoms with van der Waals surface area (Å²) in [5.41, 5.74) is 1.21. The Hall–Kier alpha value is -3.19. The van der Waals surface area contributed by atoms with Gasteiger partial charge in [0.1, 0.15) is 24.7 Å². The number of ether oxygens (including phenoxy) is 4. The summed E-state index contributed by atoms with van der Waals surface area (Å²) >= 11 is 1.60. The first-order chi connectivity index (χ1) is 14.2. The maximum absolute atomic E-state index is 13.5. The summed E-state index contributed by atoms with van der Waals surface area (Å²) in [4.78, 5) is 16.3. The van der Waals surface area contributed by atoms with Crippen LogP contribution in [0.25, 0.3) is 0 Å². The second-order valence-electron chi connectivity index (χ2n) is 6.40. The van der Waals surface area contributed by atoms with Crippen molar-refractivity contribution in [3.8, 4) is 23.0 Å². The molecule has 150 valence electrons. The summed E-state index contributed by atoms with van der Waals surface area (Å²) in [7, 11) is 3.13. The average molecular weight is 411 g/mol. The summed E-state index contributed by atoms with van der Waals surface area (Å²) in [5.74, 6) is 2.29. The third-order valence-corrected chi connectivity index (χ3v) is 5.44. The molecule has 1 aromatic heterocycles. The van der Waals surface area contributed by atoms with Crippen LogP contribution in [-0.4, -0.2) is 33.3 Å². The lowest BCUT2D eigenvalue weighted by atomic mass is 10.1. The third kappa shape index (κ3) is 4.14. The predicted molar refractivity (Wildman–Crippen MR) is 112 cm³/mol. The molecular formula is C22H21NO5S. The van der Waals surface area contributed by atoms with Crippen molar-refractivity contribution in [2.75, 3.05) is 32.3 Å². The number of thiophene rings is 1. The van der Waals surface area contributed by atoms with Gasteiger partial charge in [-0.15, -0.1) is 11.3 Å². The van der Waals surface area contributed by atoms with Gasteiger partial charge in [0.15, 0.2) is 11.5 Å². The Morgan fingerprint density at radius 2 is 1.72 bits per heavy atom. The normalized spacial score (nSPS) is 12.3. The number of hydrogen-bond acceptors (Lipinski definition) is 6. The van der Waals surface area contributed by atoms with E-state index in [1.165, 1.54) is 0 Å². The Bertz CT molecular complexity index is 980. The number of fused-ring (bicyclic) bond motifs is 1. The van der Waals surface area contributed by atoms with Gasteiger partial charge in [0, 0.05) is 28.3 Å². The number of carbonyl (C=O) groups excluding carboxylic acids is 1. The molecule has 0 N–H and O–H groups in total. The fourth-order valence-corrected chi connectivity index (χ4v) is 3.82. The fourth-order valence-electron chi connectivity index (χ4n) is 3.13. The van der Waals surface area contributed by atoms with E-state index in [9.17, 15) is 4.79 Å². The van der Waals surface area contributed by atoms with Gasteiger partial charge in [0.25, 0.3) is 5.91 Å². The molecule has 0 aliphatic carbocycles. The minimum absolute atomic E-state index is 0.160. The standard InChI is InChI=1S/C22H21NO5S/c1-25-17-10-15(11-18(13-17)26-2)22(24)23(14-19-4-3-9-29-19)16-5-6-20-21(12-16)28-8-7-27-20/h3-6,9-13H,7-8,14H2,1-2H3. The number of benzene rings is 2.